The third-order valence-electron chi connectivity index (χ3n) is 5.43. The first-order chi connectivity index (χ1) is 16.0. The third kappa shape index (κ3) is 5.57. The summed E-state index contributed by atoms with van der Waals surface area (Å²) < 4.78 is 11.4. The fourth-order valence-corrected chi connectivity index (χ4v) is 4.59. The van der Waals surface area contributed by atoms with Gasteiger partial charge in [-0.2, -0.15) is 0 Å². The van der Waals surface area contributed by atoms with Gasteiger partial charge in [0.05, 0.1) is 18.1 Å². The van der Waals surface area contributed by atoms with Crippen LogP contribution >= 0.6 is 11.8 Å². The molecule has 3 amide bonds. The summed E-state index contributed by atoms with van der Waals surface area (Å²) in [5, 5.41) is -0.291. The zero-order valence-corrected chi connectivity index (χ0v) is 19.3. The molecule has 2 aliphatic heterocycles. The number of hydrogen-bond donors (Lipinski definition) is 0. The van der Waals surface area contributed by atoms with Crippen LogP contribution in [-0.4, -0.2) is 53.2 Å². The smallest absolute Gasteiger partial charge is 0.293 e. The van der Waals surface area contributed by atoms with E-state index in [-0.39, 0.29) is 30.2 Å². The van der Waals surface area contributed by atoms with E-state index in [1.54, 1.807) is 29.2 Å². The Balaban J connectivity index is 1.46. The van der Waals surface area contributed by atoms with Crippen LogP contribution < -0.4 is 9.47 Å². The lowest BCUT2D eigenvalue weighted by atomic mass is 10.1. The molecule has 2 saturated heterocycles. The molecule has 0 N–H and O–H groups in total. The monoisotopic (exact) mass is 466 g/mol. The second-order valence-electron chi connectivity index (χ2n) is 7.77. The summed E-state index contributed by atoms with van der Waals surface area (Å²) in [5.74, 6) is 0.608. The van der Waals surface area contributed by atoms with Gasteiger partial charge in [0, 0.05) is 13.1 Å². The molecule has 0 atom stereocenters. The highest BCUT2D eigenvalue weighted by Gasteiger charge is 2.35. The van der Waals surface area contributed by atoms with Crippen molar-refractivity contribution >= 4 is 34.9 Å². The van der Waals surface area contributed by atoms with E-state index in [9.17, 15) is 14.4 Å². The predicted molar refractivity (Wildman–Crippen MR) is 127 cm³/mol. The van der Waals surface area contributed by atoms with E-state index in [1.807, 2.05) is 37.3 Å². The Bertz CT molecular complexity index is 1060. The zero-order valence-electron chi connectivity index (χ0n) is 18.5. The van der Waals surface area contributed by atoms with Crippen LogP contribution in [0.5, 0.6) is 11.5 Å². The van der Waals surface area contributed by atoms with E-state index in [2.05, 4.69) is 0 Å². The van der Waals surface area contributed by atoms with Crippen LogP contribution in [0, 0.1) is 0 Å². The van der Waals surface area contributed by atoms with Crippen LogP contribution in [0.4, 0.5) is 4.79 Å². The Hall–Kier alpha value is -3.26. The van der Waals surface area contributed by atoms with Crippen molar-refractivity contribution in [2.24, 2.45) is 0 Å². The molecule has 0 bridgehead atoms. The van der Waals surface area contributed by atoms with E-state index in [0.717, 1.165) is 43.3 Å². The first-order valence-electron chi connectivity index (χ1n) is 11.0. The molecule has 0 unspecified atom stereocenters. The van der Waals surface area contributed by atoms with Crippen molar-refractivity contribution in [3.63, 3.8) is 0 Å². The Morgan fingerprint density at radius 3 is 2.52 bits per heavy atom. The lowest BCUT2D eigenvalue weighted by Crippen LogP contribution is -2.32. The number of imide groups is 1. The normalized spacial score (nSPS) is 17.2. The molecular formula is C25H26N2O5S. The van der Waals surface area contributed by atoms with Gasteiger partial charge < -0.3 is 14.4 Å². The van der Waals surface area contributed by atoms with Gasteiger partial charge >= 0.3 is 0 Å². The van der Waals surface area contributed by atoms with E-state index in [1.165, 1.54) is 4.90 Å². The Kier molecular flexibility index (Phi) is 7.34. The van der Waals surface area contributed by atoms with Crippen molar-refractivity contribution in [1.29, 1.82) is 0 Å². The molecule has 0 aliphatic carbocycles. The average Bonchev–Trinajstić information content (AvgIpc) is 3.44. The van der Waals surface area contributed by atoms with Crippen molar-refractivity contribution in [3.05, 3.63) is 64.6 Å². The largest absolute Gasteiger partial charge is 0.490 e. The van der Waals surface area contributed by atoms with Gasteiger partial charge in [-0.15, -0.1) is 0 Å². The first-order valence-corrected chi connectivity index (χ1v) is 11.8. The molecule has 0 saturated carbocycles. The molecular weight excluding hydrogens is 440 g/mol. The number of amides is 3. The number of carbonyl (C=O) groups excluding carboxylic acids is 3. The number of hydrogen-bond acceptors (Lipinski definition) is 6. The van der Waals surface area contributed by atoms with E-state index in [4.69, 9.17) is 9.47 Å². The van der Waals surface area contributed by atoms with Crippen LogP contribution in [-0.2, 0) is 16.1 Å². The SMILES string of the molecule is CCOc1cc(/C=C2\SC(=O)N(Cc3ccccc3)C2=O)ccc1OCC(=O)N1CCCC1. The number of ether oxygens (including phenoxy) is 2. The summed E-state index contributed by atoms with van der Waals surface area (Å²) in [5.41, 5.74) is 1.60. The molecule has 172 valence electrons. The van der Waals surface area contributed by atoms with Crippen molar-refractivity contribution < 1.29 is 23.9 Å². The molecule has 2 heterocycles. The fraction of sp³-hybridized carbons (Fsp3) is 0.320. The van der Waals surface area contributed by atoms with Crippen LogP contribution in [0.2, 0.25) is 0 Å². The zero-order chi connectivity index (χ0) is 23.2. The third-order valence-corrected chi connectivity index (χ3v) is 6.34. The topological polar surface area (TPSA) is 76.1 Å². The molecule has 33 heavy (non-hydrogen) atoms. The summed E-state index contributed by atoms with van der Waals surface area (Å²) in [6, 6.07) is 14.7. The molecule has 7 nitrogen and oxygen atoms in total. The minimum Gasteiger partial charge on any atom is -0.490 e. The lowest BCUT2D eigenvalue weighted by Gasteiger charge is -2.17. The number of likely N-dealkylation sites (tertiary alicyclic amines) is 1. The van der Waals surface area contributed by atoms with E-state index < -0.39 is 0 Å². The standard InChI is InChI=1S/C25H26N2O5S/c1-2-31-21-14-19(10-11-20(21)32-17-23(28)26-12-6-7-13-26)15-22-24(29)27(25(30)33-22)16-18-8-4-3-5-9-18/h3-5,8-11,14-15H,2,6-7,12-13,16-17H2,1H3/b22-15-. The summed E-state index contributed by atoms with van der Waals surface area (Å²) in [4.78, 5) is 40.9. The minimum atomic E-state index is -0.316. The molecule has 2 aromatic carbocycles. The highest BCUT2D eigenvalue weighted by molar-refractivity contribution is 8.18. The maximum atomic E-state index is 12.8. The Labute approximate surface area is 197 Å². The van der Waals surface area contributed by atoms with E-state index in [0.29, 0.717) is 28.6 Å². The van der Waals surface area contributed by atoms with Crippen molar-refractivity contribution in [2.75, 3.05) is 26.3 Å². The van der Waals surface area contributed by atoms with Crippen LogP contribution in [0.25, 0.3) is 6.08 Å². The molecule has 0 radical (unpaired) electrons. The van der Waals surface area contributed by atoms with Gasteiger partial charge in [-0.25, -0.2) is 0 Å². The molecule has 4 rings (SSSR count). The quantitative estimate of drug-likeness (QED) is 0.539. The van der Waals surface area contributed by atoms with Gasteiger partial charge in [0.15, 0.2) is 18.1 Å². The number of benzene rings is 2. The summed E-state index contributed by atoms with van der Waals surface area (Å²) in [6.07, 6.45) is 3.74. The van der Waals surface area contributed by atoms with Gasteiger partial charge in [-0.3, -0.25) is 19.3 Å². The molecule has 0 aromatic heterocycles. The first kappa shape index (κ1) is 22.9. The summed E-state index contributed by atoms with van der Waals surface area (Å²) in [6.45, 7) is 4.04. The molecule has 0 spiro atoms. The fourth-order valence-electron chi connectivity index (χ4n) is 3.75. The maximum Gasteiger partial charge on any atom is 0.293 e. The molecule has 2 fully saturated rings. The number of thioether (sulfide) groups is 1. The highest BCUT2D eigenvalue weighted by Crippen LogP contribution is 2.35. The van der Waals surface area contributed by atoms with Crippen LogP contribution in [0.1, 0.15) is 30.9 Å². The number of carbonyl (C=O) groups is 3. The minimum absolute atomic E-state index is 0.0360. The van der Waals surface area contributed by atoms with Crippen molar-refractivity contribution in [2.45, 2.75) is 26.3 Å². The van der Waals surface area contributed by atoms with Crippen LogP contribution in [0.3, 0.4) is 0 Å². The average molecular weight is 467 g/mol. The van der Waals surface area contributed by atoms with Gasteiger partial charge in [0.2, 0.25) is 0 Å². The van der Waals surface area contributed by atoms with E-state index >= 15 is 0 Å². The number of rotatable bonds is 8. The van der Waals surface area contributed by atoms with Gasteiger partial charge in [0.1, 0.15) is 0 Å². The van der Waals surface area contributed by atoms with Crippen molar-refractivity contribution in [3.8, 4) is 11.5 Å². The van der Waals surface area contributed by atoms with Crippen LogP contribution in [0.15, 0.2) is 53.4 Å². The van der Waals surface area contributed by atoms with Gasteiger partial charge in [-0.05, 0) is 60.9 Å². The Morgan fingerprint density at radius 2 is 1.79 bits per heavy atom. The molecule has 2 aromatic rings. The molecule has 2 aliphatic rings. The Morgan fingerprint density at radius 1 is 1.03 bits per heavy atom. The second-order valence-corrected chi connectivity index (χ2v) is 8.76. The molecule has 8 heteroatoms. The predicted octanol–water partition coefficient (Wildman–Crippen LogP) is 4.32. The summed E-state index contributed by atoms with van der Waals surface area (Å²) in [7, 11) is 0. The number of nitrogens with zero attached hydrogens (tertiary/aromatic N) is 2. The summed E-state index contributed by atoms with van der Waals surface area (Å²) >= 11 is 0.924. The highest BCUT2D eigenvalue weighted by atomic mass is 32.2. The maximum absolute atomic E-state index is 12.8. The van der Waals surface area contributed by atoms with Gasteiger partial charge in [-0.1, -0.05) is 36.4 Å². The second kappa shape index (κ2) is 10.6. The van der Waals surface area contributed by atoms with Crippen molar-refractivity contribution in [1.82, 2.24) is 9.80 Å². The van der Waals surface area contributed by atoms with Gasteiger partial charge in [0.25, 0.3) is 17.1 Å². The lowest BCUT2D eigenvalue weighted by molar-refractivity contribution is -0.132.